The molecule has 1 unspecified atom stereocenters. The van der Waals surface area contributed by atoms with Gasteiger partial charge in [0.05, 0.1) is 19.8 Å². The molecule has 1 atom stereocenters. The van der Waals surface area contributed by atoms with Crippen LogP contribution in [0, 0.1) is 0 Å². The predicted molar refractivity (Wildman–Crippen MR) is 113 cm³/mol. The van der Waals surface area contributed by atoms with Gasteiger partial charge in [0, 0.05) is 18.7 Å². The molecular weight excluding hydrogens is 354 g/mol. The molecule has 0 aliphatic rings. The van der Waals surface area contributed by atoms with Gasteiger partial charge in [-0.2, -0.15) is 0 Å². The van der Waals surface area contributed by atoms with Crippen LogP contribution in [0.4, 0.5) is 0 Å². The number of nitrogens with one attached hydrogen (secondary N) is 2. The number of aliphatic hydroxyl groups excluding tert-OH is 1. The first-order valence-corrected chi connectivity index (χ1v) is 9.33. The fourth-order valence-electron chi connectivity index (χ4n) is 2.57. The number of hydrogen-bond donors (Lipinski definition) is 3. The second-order valence-corrected chi connectivity index (χ2v) is 6.07. The first-order chi connectivity index (χ1) is 13.7. The van der Waals surface area contributed by atoms with Gasteiger partial charge in [-0.25, -0.2) is 4.99 Å². The molecule has 150 valence electrons. The van der Waals surface area contributed by atoms with Crippen LogP contribution in [0.25, 0.3) is 0 Å². The van der Waals surface area contributed by atoms with Crippen LogP contribution in [0.3, 0.4) is 0 Å². The SMILES string of the molecule is C=CCOc1ccccc1CN=C(NCC)NCC(O)c1ccc(OC)cc1. The summed E-state index contributed by atoms with van der Waals surface area (Å²) in [5, 5.41) is 16.8. The molecule has 0 aromatic heterocycles. The number of aliphatic hydroxyl groups is 1. The molecule has 0 amide bonds. The molecule has 3 N–H and O–H groups in total. The quantitative estimate of drug-likeness (QED) is 0.334. The maximum Gasteiger partial charge on any atom is 0.191 e. The average molecular weight is 383 g/mol. The van der Waals surface area contributed by atoms with Crippen LogP contribution in [-0.4, -0.2) is 37.9 Å². The van der Waals surface area contributed by atoms with Gasteiger partial charge in [-0.1, -0.05) is 43.0 Å². The summed E-state index contributed by atoms with van der Waals surface area (Å²) in [5.74, 6) is 2.19. The lowest BCUT2D eigenvalue weighted by Gasteiger charge is -2.16. The lowest BCUT2D eigenvalue weighted by molar-refractivity contribution is 0.180. The van der Waals surface area contributed by atoms with Crippen LogP contribution < -0.4 is 20.1 Å². The van der Waals surface area contributed by atoms with Crippen LogP contribution >= 0.6 is 0 Å². The van der Waals surface area contributed by atoms with E-state index < -0.39 is 6.10 Å². The normalized spacial score (nSPS) is 12.2. The number of rotatable bonds is 10. The standard InChI is InChI=1S/C22H29N3O3/c1-4-14-28-21-9-7-6-8-18(21)15-24-22(23-5-2)25-16-20(26)17-10-12-19(27-3)13-11-17/h4,6-13,20,26H,1,5,14-16H2,2-3H3,(H2,23,24,25). The van der Waals surface area contributed by atoms with Crippen molar-refractivity contribution in [2.75, 3.05) is 26.8 Å². The summed E-state index contributed by atoms with van der Waals surface area (Å²) in [7, 11) is 1.62. The number of nitrogens with zero attached hydrogens (tertiary/aromatic N) is 1. The van der Waals surface area contributed by atoms with Crippen LogP contribution in [0.5, 0.6) is 11.5 Å². The van der Waals surface area contributed by atoms with E-state index in [9.17, 15) is 5.11 Å². The van der Waals surface area contributed by atoms with Gasteiger partial charge in [-0.05, 0) is 30.7 Å². The second kappa shape index (κ2) is 11.7. The van der Waals surface area contributed by atoms with Crippen molar-refractivity contribution in [2.24, 2.45) is 4.99 Å². The Morgan fingerprint density at radius 2 is 1.93 bits per heavy atom. The van der Waals surface area contributed by atoms with Gasteiger partial charge in [0.15, 0.2) is 5.96 Å². The lowest BCUT2D eigenvalue weighted by atomic mass is 10.1. The Hall–Kier alpha value is -2.99. The molecule has 0 saturated carbocycles. The summed E-state index contributed by atoms with van der Waals surface area (Å²) in [6.07, 6.45) is 1.06. The van der Waals surface area contributed by atoms with Gasteiger partial charge in [0.25, 0.3) is 0 Å². The first kappa shape index (κ1) is 21.3. The summed E-state index contributed by atoms with van der Waals surface area (Å²) in [5.41, 5.74) is 1.80. The third-order valence-corrected chi connectivity index (χ3v) is 4.04. The van der Waals surface area contributed by atoms with E-state index >= 15 is 0 Å². The number of methoxy groups -OCH3 is 1. The Morgan fingerprint density at radius 1 is 1.18 bits per heavy atom. The largest absolute Gasteiger partial charge is 0.497 e. The third kappa shape index (κ3) is 6.63. The minimum Gasteiger partial charge on any atom is -0.497 e. The zero-order valence-electron chi connectivity index (χ0n) is 16.5. The van der Waals surface area contributed by atoms with Crippen LogP contribution in [0.15, 0.2) is 66.2 Å². The van der Waals surface area contributed by atoms with E-state index in [1.54, 1.807) is 13.2 Å². The van der Waals surface area contributed by atoms with E-state index in [2.05, 4.69) is 22.2 Å². The Labute approximate surface area is 166 Å². The molecule has 6 nitrogen and oxygen atoms in total. The molecule has 2 aromatic rings. The number of guanidine groups is 1. The molecule has 0 radical (unpaired) electrons. The van der Waals surface area contributed by atoms with Crippen LogP contribution in [0.1, 0.15) is 24.2 Å². The summed E-state index contributed by atoms with van der Waals surface area (Å²) in [6, 6.07) is 15.2. The molecule has 6 heteroatoms. The minimum atomic E-state index is -0.655. The van der Waals surface area contributed by atoms with Crippen LogP contribution in [-0.2, 0) is 6.54 Å². The number of aliphatic imine (C=N–C) groups is 1. The average Bonchev–Trinajstić information content (AvgIpc) is 2.74. The van der Waals surface area contributed by atoms with Gasteiger partial charge in [0.2, 0.25) is 0 Å². The Balaban J connectivity index is 1.99. The van der Waals surface area contributed by atoms with Gasteiger partial charge < -0.3 is 25.2 Å². The van der Waals surface area contributed by atoms with Crippen LogP contribution in [0.2, 0.25) is 0 Å². The highest BCUT2D eigenvalue weighted by Gasteiger charge is 2.09. The minimum absolute atomic E-state index is 0.340. The fraction of sp³-hybridized carbons (Fsp3) is 0.318. The number of hydrogen-bond acceptors (Lipinski definition) is 4. The predicted octanol–water partition coefficient (Wildman–Crippen LogP) is 3.05. The molecule has 0 saturated heterocycles. The first-order valence-electron chi connectivity index (χ1n) is 9.33. The summed E-state index contributed by atoms with van der Waals surface area (Å²) in [4.78, 5) is 4.60. The highest BCUT2D eigenvalue weighted by Crippen LogP contribution is 2.19. The van der Waals surface area contributed by atoms with Gasteiger partial charge in [-0.3, -0.25) is 0 Å². The van der Waals surface area contributed by atoms with E-state index in [0.29, 0.717) is 25.7 Å². The Morgan fingerprint density at radius 3 is 2.61 bits per heavy atom. The summed E-state index contributed by atoms with van der Waals surface area (Å²) < 4.78 is 10.8. The number of ether oxygens (including phenoxy) is 2. The zero-order valence-corrected chi connectivity index (χ0v) is 16.5. The molecule has 0 heterocycles. The van der Waals surface area contributed by atoms with Gasteiger partial charge in [-0.15, -0.1) is 0 Å². The molecular formula is C22H29N3O3. The Kier molecular flexibility index (Phi) is 8.88. The van der Waals surface area contributed by atoms with Crippen molar-refractivity contribution >= 4 is 5.96 Å². The van der Waals surface area contributed by atoms with Crippen molar-refractivity contribution in [3.05, 3.63) is 72.3 Å². The van der Waals surface area contributed by atoms with E-state index in [0.717, 1.165) is 29.2 Å². The van der Waals surface area contributed by atoms with Crippen molar-refractivity contribution in [1.29, 1.82) is 0 Å². The molecule has 0 aliphatic heterocycles. The number of benzene rings is 2. The lowest BCUT2D eigenvalue weighted by Crippen LogP contribution is -2.39. The van der Waals surface area contributed by atoms with E-state index in [-0.39, 0.29) is 0 Å². The van der Waals surface area contributed by atoms with Crippen molar-refractivity contribution in [2.45, 2.75) is 19.6 Å². The molecule has 0 fully saturated rings. The molecule has 2 aromatic carbocycles. The van der Waals surface area contributed by atoms with Crippen molar-refractivity contribution < 1.29 is 14.6 Å². The molecule has 0 bridgehead atoms. The second-order valence-electron chi connectivity index (χ2n) is 6.07. The Bertz CT molecular complexity index is 760. The highest BCUT2D eigenvalue weighted by molar-refractivity contribution is 5.79. The van der Waals surface area contributed by atoms with Gasteiger partial charge in [0.1, 0.15) is 18.1 Å². The van der Waals surface area contributed by atoms with E-state index in [1.807, 2.05) is 55.5 Å². The smallest absolute Gasteiger partial charge is 0.191 e. The fourth-order valence-corrected chi connectivity index (χ4v) is 2.57. The highest BCUT2D eigenvalue weighted by atomic mass is 16.5. The van der Waals surface area contributed by atoms with E-state index in [1.165, 1.54) is 0 Å². The monoisotopic (exact) mass is 383 g/mol. The maximum absolute atomic E-state index is 10.4. The van der Waals surface area contributed by atoms with Crippen molar-refractivity contribution in [3.8, 4) is 11.5 Å². The van der Waals surface area contributed by atoms with E-state index in [4.69, 9.17) is 9.47 Å². The van der Waals surface area contributed by atoms with Gasteiger partial charge >= 0.3 is 0 Å². The maximum atomic E-state index is 10.4. The summed E-state index contributed by atoms with van der Waals surface area (Å²) in [6.45, 7) is 7.65. The third-order valence-electron chi connectivity index (χ3n) is 4.04. The number of para-hydroxylation sites is 1. The molecule has 28 heavy (non-hydrogen) atoms. The molecule has 0 spiro atoms. The van der Waals surface area contributed by atoms with Crippen molar-refractivity contribution in [1.82, 2.24) is 10.6 Å². The topological polar surface area (TPSA) is 75.1 Å². The molecule has 2 rings (SSSR count). The summed E-state index contributed by atoms with van der Waals surface area (Å²) >= 11 is 0. The zero-order chi connectivity index (χ0) is 20.2. The molecule has 0 aliphatic carbocycles. The van der Waals surface area contributed by atoms with Crippen molar-refractivity contribution in [3.63, 3.8) is 0 Å².